The minimum absolute atomic E-state index is 0.518. The number of hydrogen-bond donors (Lipinski definition) is 2. The van der Waals surface area contributed by atoms with Crippen molar-refractivity contribution in [3.63, 3.8) is 0 Å². The number of thioether (sulfide) groups is 1. The first-order valence-electron chi connectivity index (χ1n) is 6.54. The Morgan fingerprint density at radius 1 is 1.19 bits per heavy atom. The molecule has 0 fully saturated rings. The first-order chi connectivity index (χ1) is 10.2. The quantitative estimate of drug-likeness (QED) is 0.560. The number of rotatable bonds is 5. The van der Waals surface area contributed by atoms with Crippen LogP contribution in [0.1, 0.15) is 0 Å². The van der Waals surface area contributed by atoms with E-state index in [0.29, 0.717) is 16.6 Å². The molecule has 108 valence electrons. The van der Waals surface area contributed by atoms with Gasteiger partial charge in [-0.3, -0.25) is 4.21 Å². The summed E-state index contributed by atoms with van der Waals surface area (Å²) in [6.45, 7) is 0. The average molecular weight is 317 g/mol. The van der Waals surface area contributed by atoms with E-state index in [-0.39, 0.29) is 0 Å². The van der Waals surface area contributed by atoms with Gasteiger partial charge in [-0.05, 0) is 30.3 Å². The number of fused-ring (bicyclic) bond motifs is 1. The molecule has 1 unspecified atom stereocenters. The van der Waals surface area contributed by atoms with Crippen LogP contribution in [0.4, 0.5) is 5.69 Å². The van der Waals surface area contributed by atoms with Crippen LogP contribution in [0.3, 0.4) is 0 Å². The number of H-pyrrole nitrogens is 1. The van der Waals surface area contributed by atoms with Gasteiger partial charge < -0.3 is 10.7 Å². The van der Waals surface area contributed by atoms with Crippen molar-refractivity contribution in [1.29, 1.82) is 0 Å². The Bertz CT molecular complexity index is 771. The molecule has 2 aromatic carbocycles. The summed E-state index contributed by atoms with van der Waals surface area (Å²) in [5.74, 6) is 1.35. The van der Waals surface area contributed by atoms with E-state index >= 15 is 0 Å². The number of benzene rings is 2. The van der Waals surface area contributed by atoms with Crippen molar-refractivity contribution in [3.8, 4) is 0 Å². The zero-order chi connectivity index (χ0) is 14.7. The highest BCUT2D eigenvalue weighted by Gasteiger charge is 2.10. The van der Waals surface area contributed by atoms with Gasteiger partial charge in [-0.25, -0.2) is 4.98 Å². The monoisotopic (exact) mass is 317 g/mol. The van der Waals surface area contributed by atoms with E-state index in [0.717, 1.165) is 16.8 Å². The van der Waals surface area contributed by atoms with Crippen molar-refractivity contribution in [3.05, 3.63) is 48.5 Å². The summed E-state index contributed by atoms with van der Waals surface area (Å²) in [5.41, 5.74) is 8.02. The molecule has 0 bridgehead atoms. The summed E-state index contributed by atoms with van der Waals surface area (Å²) in [4.78, 5) is 8.63. The highest BCUT2D eigenvalue weighted by atomic mass is 32.2. The molecule has 3 N–H and O–H groups in total. The third-order valence-corrected chi connectivity index (χ3v) is 5.45. The van der Waals surface area contributed by atoms with Crippen LogP contribution in [-0.4, -0.2) is 25.7 Å². The number of aromatic amines is 1. The van der Waals surface area contributed by atoms with E-state index in [2.05, 4.69) is 22.1 Å². The second-order valence-corrected chi connectivity index (χ2v) is 7.18. The summed E-state index contributed by atoms with van der Waals surface area (Å²) >= 11 is 1.70. The number of anilines is 1. The number of nitrogens with zero attached hydrogens (tertiary/aromatic N) is 1. The van der Waals surface area contributed by atoms with Gasteiger partial charge >= 0.3 is 0 Å². The molecule has 21 heavy (non-hydrogen) atoms. The van der Waals surface area contributed by atoms with Gasteiger partial charge in [0.2, 0.25) is 0 Å². The van der Waals surface area contributed by atoms with E-state index in [9.17, 15) is 4.21 Å². The van der Waals surface area contributed by atoms with Crippen LogP contribution in [0.15, 0.2) is 58.6 Å². The number of hydrogen-bond acceptors (Lipinski definition) is 4. The molecule has 0 saturated heterocycles. The Labute approximate surface area is 129 Å². The van der Waals surface area contributed by atoms with Crippen LogP contribution >= 0.6 is 11.8 Å². The summed E-state index contributed by atoms with van der Waals surface area (Å²) in [5, 5.41) is 0.518. The molecule has 0 aliphatic rings. The van der Waals surface area contributed by atoms with Crippen molar-refractivity contribution in [2.75, 3.05) is 17.2 Å². The molecule has 3 aromatic rings. The minimum atomic E-state index is -1.12. The third-order valence-electron chi connectivity index (χ3n) is 2.98. The molecule has 4 nitrogen and oxygen atoms in total. The molecule has 1 aromatic heterocycles. The molecule has 6 heteroatoms. The lowest BCUT2D eigenvalue weighted by Crippen LogP contribution is -2.02. The number of aromatic nitrogens is 2. The highest BCUT2D eigenvalue weighted by Crippen LogP contribution is 2.19. The van der Waals surface area contributed by atoms with Gasteiger partial charge in [0.25, 0.3) is 0 Å². The molecule has 0 aliphatic carbocycles. The standard InChI is InChI=1S/C15H15N3OS2/c16-11-6-7-13-14(10-11)18-15(17-13)21(19)9-8-20-12-4-2-1-3-5-12/h1-7,10H,8-9,16H2,(H,17,18). The predicted molar refractivity (Wildman–Crippen MR) is 88.9 cm³/mol. The molecule has 0 amide bonds. The summed E-state index contributed by atoms with van der Waals surface area (Å²) in [6, 6.07) is 15.5. The molecule has 0 aliphatic heterocycles. The van der Waals surface area contributed by atoms with Crippen LogP contribution in [-0.2, 0) is 10.8 Å². The van der Waals surface area contributed by atoms with Crippen LogP contribution in [0.25, 0.3) is 11.0 Å². The number of nitrogens with one attached hydrogen (secondary N) is 1. The van der Waals surface area contributed by atoms with Crippen LogP contribution < -0.4 is 5.73 Å². The Kier molecular flexibility index (Phi) is 4.26. The fraction of sp³-hybridized carbons (Fsp3) is 0.133. The van der Waals surface area contributed by atoms with E-state index < -0.39 is 10.8 Å². The molecule has 0 spiro atoms. The van der Waals surface area contributed by atoms with Gasteiger partial charge in [0, 0.05) is 22.1 Å². The van der Waals surface area contributed by atoms with E-state index in [1.807, 2.05) is 30.3 Å². The Balaban J connectivity index is 1.64. The molecular formula is C15H15N3OS2. The van der Waals surface area contributed by atoms with Gasteiger partial charge in [0.15, 0.2) is 5.16 Å². The van der Waals surface area contributed by atoms with Gasteiger partial charge in [-0.2, -0.15) is 0 Å². The van der Waals surface area contributed by atoms with Gasteiger partial charge in [-0.15, -0.1) is 11.8 Å². The molecular weight excluding hydrogens is 302 g/mol. The van der Waals surface area contributed by atoms with E-state index in [4.69, 9.17) is 5.73 Å². The van der Waals surface area contributed by atoms with Crippen LogP contribution in [0.2, 0.25) is 0 Å². The maximum absolute atomic E-state index is 12.3. The normalized spacial score (nSPS) is 12.6. The Morgan fingerprint density at radius 3 is 2.81 bits per heavy atom. The van der Waals surface area contributed by atoms with Crippen molar-refractivity contribution < 1.29 is 4.21 Å². The smallest absolute Gasteiger partial charge is 0.197 e. The first kappa shape index (κ1) is 14.2. The summed E-state index contributed by atoms with van der Waals surface area (Å²) < 4.78 is 12.3. The number of nitrogens with two attached hydrogens (primary N) is 1. The number of nitrogen functional groups attached to an aromatic ring is 1. The van der Waals surface area contributed by atoms with Crippen molar-refractivity contribution in [2.24, 2.45) is 0 Å². The van der Waals surface area contributed by atoms with Gasteiger partial charge in [0.05, 0.1) is 21.8 Å². The topological polar surface area (TPSA) is 71.8 Å². The Morgan fingerprint density at radius 2 is 2.00 bits per heavy atom. The van der Waals surface area contributed by atoms with Crippen LogP contribution in [0.5, 0.6) is 0 Å². The van der Waals surface area contributed by atoms with Crippen LogP contribution in [0, 0.1) is 0 Å². The first-order valence-corrected chi connectivity index (χ1v) is 8.84. The van der Waals surface area contributed by atoms with Gasteiger partial charge in [0.1, 0.15) is 0 Å². The fourth-order valence-electron chi connectivity index (χ4n) is 1.96. The maximum atomic E-state index is 12.3. The minimum Gasteiger partial charge on any atom is -0.399 e. The second kappa shape index (κ2) is 6.32. The molecule has 1 heterocycles. The predicted octanol–water partition coefficient (Wildman–Crippen LogP) is 3.05. The molecule has 0 saturated carbocycles. The molecule has 3 rings (SSSR count). The zero-order valence-corrected chi connectivity index (χ0v) is 12.9. The van der Waals surface area contributed by atoms with Crippen molar-refractivity contribution in [2.45, 2.75) is 10.1 Å². The second-order valence-electron chi connectivity index (χ2n) is 4.53. The van der Waals surface area contributed by atoms with E-state index in [1.165, 1.54) is 4.90 Å². The van der Waals surface area contributed by atoms with Gasteiger partial charge in [-0.1, -0.05) is 18.2 Å². The third kappa shape index (κ3) is 3.46. The lowest BCUT2D eigenvalue weighted by Gasteiger charge is -2.00. The maximum Gasteiger partial charge on any atom is 0.197 e. The summed E-state index contributed by atoms with van der Waals surface area (Å²) in [6.07, 6.45) is 0. The van der Waals surface area contributed by atoms with Crippen molar-refractivity contribution in [1.82, 2.24) is 9.97 Å². The number of imidazole rings is 1. The summed E-state index contributed by atoms with van der Waals surface area (Å²) in [7, 11) is -1.12. The molecule has 1 atom stereocenters. The lowest BCUT2D eigenvalue weighted by atomic mass is 10.3. The SMILES string of the molecule is Nc1ccc2nc(S(=O)CCSc3ccccc3)[nH]c2c1. The van der Waals surface area contributed by atoms with Crippen molar-refractivity contribution >= 4 is 39.3 Å². The average Bonchev–Trinajstić information content (AvgIpc) is 2.91. The Hall–Kier alpha value is -1.79. The molecule has 0 radical (unpaired) electrons. The fourth-order valence-corrected chi connectivity index (χ4v) is 4.10. The zero-order valence-electron chi connectivity index (χ0n) is 11.3. The largest absolute Gasteiger partial charge is 0.399 e. The van der Waals surface area contributed by atoms with E-state index in [1.54, 1.807) is 17.8 Å². The highest BCUT2D eigenvalue weighted by molar-refractivity contribution is 8.00. The lowest BCUT2D eigenvalue weighted by molar-refractivity contribution is 0.679.